The van der Waals surface area contributed by atoms with Gasteiger partial charge in [0.05, 0.1) is 22.7 Å². The van der Waals surface area contributed by atoms with Gasteiger partial charge in [-0.2, -0.15) is 0 Å². The highest BCUT2D eigenvalue weighted by Gasteiger charge is 2.51. The number of anilines is 1. The lowest BCUT2D eigenvalue weighted by Gasteiger charge is -2.38. The van der Waals surface area contributed by atoms with E-state index in [0.29, 0.717) is 30.9 Å². The fraction of sp³-hybridized carbons (Fsp3) is 0.423. The third-order valence-corrected chi connectivity index (χ3v) is 7.17. The number of rotatable bonds is 4. The summed E-state index contributed by atoms with van der Waals surface area (Å²) in [6.45, 7) is 5.18. The standard InChI is InChI=1S/C26H30N4O3/c1-26-18-28(15-19-9-3-2-4-10-19)16-21(26)25(33)30(17-23(31)29-13-7-8-14-29)22-12-6-5-11-20(22)24(32)27-26/h2-6,9-12,21H,7-8,13-18H2,1H3,(H,27,32)/t21-,26-/m0/s1. The number of fused-ring (bicyclic) bond motifs is 2. The van der Waals surface area contributed by atoms with Crippen LogP contribution in [0.3, 0.4) is 0 Å². The van der Waals surface area contributed by atoms with Crippen LogP contribution in [0, 0.1) is 5.92 Å². The second kappa shape index (κ2) is 8.63. The third-order valence-electron chi connectivity index (χ3n) is 7.17. The Morgan fingerprint density at radius 2 is 1.73 bits per heavy atom. The zero-order chi connectivity index (χ0) is 23.0. The van der Waals surface area contributed by atoms with Crippen molar-refractivity contribution in [1.29, 1.82) is 0 Å². The fourth-order valence-corrected chi connectivity index (χ4v) is 5.44. The number of carbonyl (C=O) groups excluding carboxylic acids is 3. The molecule has 0 unspecified atom stereocenters. The van der Waals surface area contributed by atoms with Crippen LogP contribution in [0.5, 0.6) is 0 Å². The molecule has 0 saturated carbocycles. The highest BCUT2D eigenvalue weighted by Crippen LogP contribution is 2.35. The molecule has 2 aromatic carbocycles. The summed E-state index contributed by atoms with van der Waals surface area (Å²) in [6, 6.07) is 17.2. The minimum absolute atomic E-state index is 0.0333. The van der Waals surface area contributed by atoms with Crippen molar-refractivity contribution in [2.45, 2.75) is 31.8 Å². The molecule has 3 amide bonds. The first-order valence-corrected chi connectivity index (χ1v) is 11.7. The molecule has 0 bridgehead atoms. The van der Waals surface area contributed by atoms with Crippen molar-refractivity contribution < 1.29 is 14.4 Å². The van der Waals surface area contributed by atoms with E-state index in [1.54, 1.807) is 23.1 Å². The van der Waals surface area contributed by atoms with Crippen molar-refractivity contribution >= 4 is 23.4 Å². The molecule has 2 aromatic rings. The largest absolute Gasteiger partial charge is 0.345 e. The maximum Gasteiger partial charge on any atom is 0.253 e. The first-order valence-electron chi connectivity index (χ1n) is 11.7. The van der Waals surface area contributed by atoms with E-state index in [2.05, 4.69) is 22.3 Å². The smallest absolute Gasteiger partial charge is 0.253 e. The highest BCUT2D eigenvalue weighted by atomic mass is 16.2. The predicted octanol–water partition coefficient (Wildman–Crippen LogP) is 2.28. The van der Waals surface area contributed by atoms with E-state index < -0.39 is 11.5 Å². The summed E-state index contributed by atoms with van der Waals surface area (Å²) in [5.74, 6) is -0.804. The maximum atomic E-state index is 14.0. The first kappa shape index (κ1) is 21.6. The third kappa shape index (κ3) is 4.13. The number of hydrogen-bond donors (Lipinski definition) is 1. The van der Waals surface area contributed by atoms with Crippen LogP contribution in [0.4, 0.5) is 5.69 Å². The summed E-state index contributed by atoms with van der Waals surface area (Å²) in [4.78, 5) is 45.9. The van der Waals surface area contributed by atoms with Gasteiger partial charge in [0.25, 0.3) is 5.91 Å². The minimum Gasteiger partial charge on any atom is -0.345 e. The van der Waals surface area contributed by atoms with Gasteiger partial charge in [-0.05, 0) is 37.5 Å². The van der Waals surface area contributed by atoms with Gasteiger partial charge in [0.1, 0.15) is 6.54 Å². The number of amides is 3. The van der Waals surface area contributed by atoms with Crippen molar-refractivity contribution in [1.82, 2.24) is 15.1 Å². The lowest BCUT2D eigenvalue weighted by Crippen LogP contribution is -2.59. The Balaban J connectivity index is 1.47. The lowest BCUT2D eigenvalue weighted by molar-refractivity contribution is -0.131. The molecule has 0 radical (unpaired) electrons. The van der Waals surface area contributed by atoms with Crippen LogP contribution >= 0.6 is 0 Å². The number of nitrogens with one attached hydrogen (secondary N) is 1. The summed E-state index contributed by atoms with van der Waals surface area (Å²) in [5, 5.41) is 3.17. The molecule has 2 atom stereocenters. The molecule has 3 aliphatic heterocycles. The number of nitrogens with zero attached hydrogens (tertiary/aromatic N) is 3. The van der Waals surface area contributed by atoms with E-state index in [0.717, 1.165) is 25.9 Å². The Hall–Kier alpha value is -3.19. The predicted molar refractivity (Wildman–Crippen MR) is 126 cm³/mol. The summed E-state index contributed by atoms with van der Waals surface area (Å²) in [5.41, 5.74) is 1.39. The Labute approximate surface area is 194 Å². The quantitative estimate of drug-likeness (QED) is 0.782. The van der Waals surface area contributed by atoms with Crippen molar-refractivity contribution in [3.8, 4) is 0 Å². The van der Waals surface area contributed by atoms with Gasteiger partial charge in [0.2, 0.25) is 11.8 Å². The Morgan fingerprint density at radius 1 is 1.03 bits per heavy atom. The molecule has 1 N–H and O–H groups in total. The van der Waals surface area contributed by atoms with Crippen molar-refractivity contribution in [3.63, 3.8) is 0 Å². The molecule has 2 fully saturated rings. The van der Waals surface area contributed by atoms with Gasteiger partial charge in [-0.25, -0.2) is 0 Å². The Kier molecular flexibility index (Phi) is 5.66. The van der Waals surface area contributed by atoms with E-state index in [1.165, 1.54) is 5.56 Å². The summed E-state index contributed by atoms with van der Waals surface area (Å²) in [7, 11) is 0. The molecule has 2 saturated heterocycles. The maximum absolute atomic E-state index is 14.0. The lowest BCUT2D eigenvalue weighted by atomic mass is 9.86. The van der Waals surface area contributed by atoms with Crippen LogP contribution in [-0.2, 0) is 16.1 Å². The van der Waals surface area contributed by atoms with Crippen molar-refractivity contribution in [3.05, 3.63) is 65.7 Å². The van der Waals surface area contributed by atoms with Gasteiger partial charge < -0.3 is 15.1 Å². The number of benzene rings is 2. The second-order valence-corrected chi connectivity index (χ2v) is 9.61. The zero-order valence-electron chi connectivity index (χ0n) is 19.0. The number of likely N-dealkylation sites (tertiary alicyclic amines) is 2. The SMILES string of the molecule is C[C@]12CN(Cc3ccccc3)C[C@H]1C(=O)N(CC(=O)N1CCCC1)c1ccccc1C(=O)N2. The Morgan fingerprint density at radius 3 is 2.48 bits per heavy atom. The van der Waals surface area contributed by atoms with Crippen molar-refractivity contribution in [2.75, 3.05) is 37.6 Å². The van der Waals surface area contributed by atoms with Gasteiger partial charge in [-0.1, -0.05) is 42.5 Å². The highest BCUT2D eigenvalue weighted by molar-refractivity contribution is 6.09. The molecule has 7 nitrogen and oxygen atoms in total. The van der Waals surface area contributed by atoms with E-state index in [4.69, 9.17) is 0 Å². The average Bonchev–Trinajstić information content (AvgIpc) is 3.45. The van der Waals surface area contributed by atoms with Crippen molar-refractivity contribution in [2.24, 2.45) is 5.92 Å². The summed E-state index contributed by atoms with van der Waals surface area (Å²) >= 11 is 0. The first-order chi connectivity index (χ1) is 15.9. The Bertz CT molecular complexity index is 1070. The molecule has 3 heterocycles. The van der Waals surface area contributed by atoms with Gasteiger partial charge in [0.15, 0.2) is 0 Å². The van der Waals surface area contributed by atoms with Crippen LogP contribution in [0.1, 0.15) is 35.7 Å². The fourth-order valence-electron chi connectivity index (χ4n) is 5.44. The molecule has 172 valence electrons. The topological polar surface area (TPSA) is 73.0 Å². The average molecular weight is 447 g/mol. The van der Waals surface area contributed by atoms with Crippen LogP contribution < -0.4 is 10.2 Å². The zero-order valence-corrected chi connectivity index (χ0v) is 19.0. The van der Waals surface area contributed by atoms with Gasteiger partial charge >= 0.3 is 0 Å². The molecule has 7 heteroatoms. The number of para-hydroxylation sites is 1. The minimum atomic E-state index is -0.717. The molecule has 3 aliphatic rings. The molecule has 5 rings (SSSR count). The number of hydrogen-bond acceptors (Lipinski definition) is 4. The molecule has 0 aliphatic carbocycles. The molecular formula is C26H30N4O3. The van der Waals surface area contributed by atoms with Crippen LogP contribution in [0.15, 0.2) is 54.6 Å². The van der Waals surface area contributed by atoms with Gasteiger partial charge in [0, 0.05) is 32.7 Å². The normalized spacial score (nSPS) is 25.3. The summed E-state index contributed by atoms with van der Waals surface area (Å²) in [6.07, 6.45) is 1.99. The van der Waals surface area contributed by atoms with E-state index >= 15 is 0 Å². The van der Waals surface area contributed by atoms with E-state index in [1.807, 2.05) is 36.1 Å². The number of carbonyl (C=O) groups is 3. The second-order valence-electron chi connectivity index (χ2n) is 9.61. The monoisotopic (exact) mass is 446 g/mol. The van der Waals surface area contributed by atoms with Crippen LogP contribution in [0.2, 0.25) is 0 Å². The van der Waals surface area contributed by atoms with Gasteiger partial charge in [-0.3, -0.25) is 19.3 Å². The molecule has 0 aromatic heterocycles. The van der Waals surface area contributed by atoms with Gasteiger partial charge in [-0.15, -0.1) is 0 Å². The van der Waals surface area contributed by atoms with Crippen LogP contribution in [0.25, 0.3) is 0 Å². The van der Waals surface area contributed by atoms with E-state index in [-0.39, 0.29) is 24.3 Å². The molecular weight excluding hydrogens is 416 g/mol. The molecule has 0 spiro atoms. The summed E-state index contributed by atoms with van der Waals surface area (Å²) < 4.78 is 0. The van der Waals surface area contributed by atoms with E-state index in [9.17, 15) is 14.4 Å². The molecule has 33 heavy (non-hydrogen) atoms. The van der Waals surface area contributed by atoms with Crippen LogP contribution in [-0.4, -0.2) is 65.8 Å².